The van der Waals surface area contributed by atoms with Crippen molar-refractivity contribution in [3.8, 4) is 0 Å². The Bertz CT molecular complexity index is 1630. The van der Waals surface area contributed by atoms with E-state index in [4.69, 9.17) is 9.47 Å². The van der Waals surface area contributed by atoms with Gasteiger partial charge in [0.15, 0.2) is 0 Å². The first-order chi connectivity index (χ1) is 22.6. The van der Waals surface area contributed by atoms with Gasteiger partial charge in [-0.05, 0) is 50.4 Å². The number of hydrogen-bond donors (Lipinski definition) is 2. The van der Waals surface area contributed by atoms with E-state index in [-0.39, 0.29) is 36.0 Å². The SMILES string of the molecule is CC1=C(C(=O)OCCO)[C@@H](c2cccc([N+](=O)[O-])c2)C(C(=O)O[C@]2(C)CCN(CCC(c3ccccc3)c3ccccc3)C2)=C(C)N1. The van der Waals surface area contributed by atoms with Crippen molar-refractivity contribution in [1.82, 2.24) is 10.2 Å². The Morgan fingerprint density at radius 1 is 0.979 bits per heavy atom. The minimum absolute atomic E-state index is 0.127. The van der Waals surface area contributed by atoms with Crippen LogP contribution in [0.2, 0.25) is 0 Å². The third kappa shape index (κ3) is 7.78. The fourth-order valence-electron chi connectivity index (χ4n) is 6.69. The lowest BCUT2D eigenvalue weighted by atomic mass is 9.80. The number of likely N-dealkylation sites (tertiary alicyclic amines) is 1. The van der Waals surface area contributed by atoms with Crippen LogP contribution in [0.3, 0.4) is 0 Å². The topological polar surface area (TPSA) is 131 Å². The summed E-state index contributed by atoms with van der Waals surface area (Å²) in [5, 5.41) is 24.0. The van der Waals surface area contributed by atoms with Gasteiger partial charge < -0.3 is 19.9 Å². The van der Waals surface area contributed by atoms with Crippen LogP contribution in [0.4, 0.5) is 5.69 Å². The molecule has 0 amide bonds. The van der Waals surface area contributed by atoms with Gasteiger partial charge in [-0.1, -0.05) is 72.8 Å². The molecule has 3 aromatic carbocycles. The summed E-state index contributed by atoms with van der Waals surface area (Å²) in [6.45, 7) is 6.81. The van der Waals surface area contributed by atoms with Gasteiger partial charge in [0.1, 0.15) is 12.2 Å². The molecule has 0 saturated carbocycles. The molecule has 1 fully saturated rings. The van der Waals surface area contributed by atoms with Crippen LogP contribution in [0.1, 0.15) is 62.1 Å². The summed E-state index contributed by atoms with van der Waals surface area (Å²) in [6, 6.07) is 26.8. The summed E-state index contributed by atoms with van der Waals surface area (Å²) < 4.78 is 11.5. The molecular formula is C37H41N3O7. The first kappa shape index (κ1) is 33.6. The summed E-state index contributed by atoms with van der Waals surface area (Å²) in [4.78, 5) is 40.8. The lowest BCUT2D eigenvalue weighted by molar-refractivity contribution is -0.384. The van der Waals surface area contributed by atoms with E-state index in [1.165, 1.54) is 29.3 Å². The van der Waals surface area contributed by atoms with E-state index in [0.717, 1.165) is 19.5 Å². The number of carbonyl (C=O) groups excluding carboxylic acids is 2. The average molecular weight is 640 g/mol. The molecule has 0 radical (unpaired) electrons. The molecule has 2 heterocycles. The first-order valence-corrected chi connectivity index (χ1v) is 15.9. The zero-order valence-electron chi connectivity index (χ0n) is 27.0. The quantitative estimate of drug-likeness (QED) is 0.148. The molecule has 47 heavy (non-hydrogen) atoms. The number of dihydropyridines is 1. The van der Waals surface area contributed by atoms with Crippen LogP contribution < -0.4 is 5.32 Å². The maximum absolute atomic E-state index is 14.1. The van der Waals surface area contributed by atoms with Gasteiger partial charge in [-0.25, -0.2) is 9.59 Å². The minimum Gasteiger partial charge on any atom is -0.460 e. The van der Waals surface area contributed by atoms with Gasteiger partial charge >= 0.3 is 11.9 Å². The highest BCUT2D eigenvalue weighted by molar-refractivity contribution is 6.00. The second-order valence-corrected chi connectivity index (χ2v) is 12.4. The molecule has 1 saturated heterocycles. The lowest BCUT2D eigenvalue weighted by Crippen LogP contribution is -2.39. The second-order valence-electron chi connectivity index (χ2n) is 12.4. The number of carbonyl (C=O) groups is 2. The van der Waals surface area contributed by atoms with E-state index >= 15 is 0 Å². The number of nitro benzene ring substituents is 1. The normalized spacial score (nSPS) is 19.9. The number of non-ortho nitro benzene ring substituents is 1. The highest BCUT2D eigenvalue weighted by Gasteiger charge is 2.43. The molecule has 2 N–H and O–H groups in total. The van der Waals surface area contributed by atoms with Gasteiger partial charge in [-0.15, -0.1) is 0 Å². The molecule has 246 valence electrons. The van der Waals surface area contributed by atoms with Crippen molar-refractivity contribution in [2.45, 2.75) is 51.0 Å². The Balaban J connectivity index is 1.36. The highest BCUT2D eigenvalue weighted by Crippen LogP contribution is 2.41. The molecule has 10 nitrogen and oxygen atoms in total. The molecule has 10 heteroatoms. The number of allylic oxidation sites excluding steroid dienone is 2. The molecule has 0 aromatic heterocycles. The van der Waals surface area contributed by atoms with Gasteiger partial charge in [0.05, 0.1) is 28.6 Å². The van der Waals surface area contributed by atoms with E-state index in [1.54, 1.807) is 19.9 Å². The number of benzene rings is 3. The Hall–Kier alpha value is -4.80. The van der Waals surface area contributed by atoms with Crippen LogP contribution in [-0.2, 0) is 19.1 Å². The van der Waals surface area contributed by atoms with Crippen molar-refractivity contribution in [2.75, 3.05) is 32.8 Å². The Labute approximate surface area is 274 Å². The van der Waals surface area contributed by atoms with Crippen molar-refractivity contribution in [3.05, 3.63) is 134 Å². The first-order valence-electron chi connectivity index (χ1n) is 15.9. The van der Waals surface area contributed by atoms with Crippen LogP contribution in [0.25, 0.3) is 0 Å². The van der Waals surface area contributed by atoms with Crippen molar-refractivity contribution in [1.29, 1.82) is 0 Å². The highest BCUT2D eigenvalue weighted by atomic mass is 16.6. The molecular weight excluding hydrogens is 598 g/mol. The monoisotopic (exact) mass is 639 g/mol. The molecule has 0 spiro atoms. The van der Waals surface area contributed by atoms with Crippen LogP contribution >= 0.6 is 0 Å². The largest absolute Gasteiger partial charge is 0.460 e. The minimum atomic E-state index is -0.978. The van der Waals surface area contributed by atoms with E-state index in [9.17, 15) is 24.8 Å². The van der Waals surface area contributed by atoms with Crippen LogP contribution in [0, 0.1) is 10.1 Å². The summed E-state index contributed by atoms with van der Waals surface area (Å²) in [7, 11) is 0. The predicted molar refractivity (Wildman–Crippen MR) is 177 cm³/mol. The third-order valence-corrected chi connectivity index (χ3v) is 8.93. The Morgan fingerprint density at radius 2 is 1.60 bits per heavy atom. The number of hydrogen-bond acceptors (Lipinski definition) is 9. The maximum Gasteiger partial charge on any atom is 0.337 e. The van der Waals surface area contributed by atoms with Crippen molar-refractivity contribution >= 4 is 17.6 Å². The number of aliphatic hydroxyl groups is 1. The number of nitrogens with one attached hydrogen (secondary N) is 1. The van der Waals surface area contributed by atoms with E-state index in [1.807, 2.05) is 19.1 Å². The van der Waals surface area contributed by atoms with Gasteiger partial charge in [-0.3, -0.25) is 15.0 Å². The van der Waals surface area contributed by atoms with Crippen molar-refractivity contribution < 1.29 is 29.1 Å². The number of ether oxygens (including phenoxy) is 2. The smallest absolute Gasteiger partial charge is 0.337 e. The lowest BCUT2D eigenvalue weighted by Gasteiger charge is -2.33. The number of rotatable bonds is 12. The van der Waals surface area contributed by atoms with Crippen LogP contribution in [-0.4, -0.2) is 65.3 Å². The summed E-state index contributed by atoms with van der Waals surface area (Å²) in [5.74, 6) is -2.10. The number of nitro groups is 1. The zero-order chi connectivity index (χ0) is 33.6. The second kappa shape index (κ2) is 14.7. The molecule has 3 aromatic rings. The van der Waals surface area contributed by atoms with Gasteiger partial charge in [0.25, 0.3) is 5.69 Å². The zero-order valence-corrected chi connectivity index (χ0v) is 27.0. The van der Waals surface area contributed by atoms with Gasteiger partial charge in [0, 0.05) is 49.0 Å². The molecule has 2 aliphatic heterocycles. The number of esters is 2. The molecule has 0 aliphatic carbocycles. The van der Waals surface area contributed by atoms with E-state index in [0.29, 0.717) is 29.9 Å². The van der Waals surface area contributed by atoms with E-state index in [2.05, 4.69) is 58.7 Å². The Kier molecular flexibility index (Phi) is 10.5. The Morgan fingerprint density at radius 3 is 2.19 bits per heavy atom. The fourth-order valence-corrected chi connectivity index (χ4v) is 6.69. The number of aliphatic hydroxyl groups excluding tert-OH is 1. The summed E-state index contributed by atoms with van der Waals surface area (Å²) in [6.07, 6.45) is 1.52. The fraction of sp³-hybridized carbons (Fsp3) is 0.351. The van der Waals surface area contributed by atoms with Crippen molar-refractivity contribution in [2.24, 2.45) is 0 Å². The van der Waals surface area contributed by atoms with Crippen LogP contribution in [0.5, 0.6) is 0 Å². The summed E-state index contributed by atoms with van der Waals surface area (Å²) >= 11 is 0. The molecule has 5 rings (SSSR count). The average Bonchev–Trinajstić information content (AvgIpc) is 3.44. The molecule has 2 atom stereocenters. The summed E-state index contributed by atoms with van der Waals surface area (Å²) in [5.41, 5.74) is 3.16. The maximum atomic E-state index is 14.1. The van der Waals surface area contributed by atoms with Crippen LogP contribution in [0.15, 0.2) is 107 Å². The third-order valence-electron chi connectivity index (χ3n) is 8.93. The standard InChI is InChI=1S/C37H41N3O7/c1-25-32(35(42)46-22-21-41)34(29-15-10-16-30(23-29)40(44)45)33(26(2)38-25)36(43)47-37(3)18-20-39(24-37)19-17-31(27-11-6-4-7-12-27)28-13-8-5-9-14-28/h4-16,23,31,34,38,41H,17-22,24H2,1-3H3/t34-,37-/m1/s1. The number of nitrogens with zero attached hydrogens (tertiary/aromatic N) is 2. The van der Waals surface area contributed by atoms with Gasteiger partial charge in [-0.2, -0.15) is 0 Å². The molecule has 0 bridgehead atoms. The molecule has 0 unspecified atom stereocenters. The van der Waals surface area contributed by atoms with E-state index < -0.39 is 28.4 Å². The predicted octanol–water partition coefficient (Wildman–Crippen LogP) is 5.59. The molecule has 2 aliphatic rings. The van der Waals surface area contributed by atoms with Crippen molar-refractivity contribution in [3.63, 3.8) is 0 Å². The van der Waals surface area contributed by atoms with Gasteiger partial charge in [0.2, 0.25) is 0 Å².